The fourth-order valence-electron chi connectivity index (χ4n) is 4.57. The number of ether oxygens (including phenoxy) is 1. The Balaban J connectivity index is 1.36. The predicted molar refractivity (Wildman–Crippen MR) is 142 cm³/mol. The van der Waals surface area contributed by atoms with Gasteiger partial charge in [-0.1, -0.05) is 0 Å². The number of benzene rings is 1. The van der Waals surface area contributed by atoms with Crippen LogP contribution in [0.25, 0.3) is 16.9 Å². The Morgan fingerprint density at radius 2 is 1.88 bits per heavy atom. The Bertz CT molecular complexity index is 1700. The third-order valence-corrected chi connectivity index (χ3v) is 6.73. The second-order valence-electron chi connectivity index (χ2n) is 9.39. The minimum atomic E-state index is -4.73. The molecule has 12 nitrogen and oxygen atoms in total. The number of carbonyl (C=O) groups excluding carboxylic acids is 2. The van der Waals surface area contributed by atoms with Crippen LogP contribution >= 0.6 is 8.70 Å². The van der Waals surface area contributed by atoms with Crippen molar-refractivity contribution in [3.8, 4) is 34.3 Å². The summed E-state index contributed by atoms with van der Waals surface area (Å²) in [6.07, 6.45) is -0.660. The summed E-state index contributed by atoms with van der Waals surface area (Å²) in [5, 5.41) is 23.7. The number of phenols is 1. The number of carbonyl (C=O) groups is 2. The molecule has 4 heterocycles. The molecule has 0 radical (unpaired) electrons. The molecule has 4 aromatic rings. The first-order chi connectivity index (χ1) is 20.0. The van der Waals surface area contributed by atoms with Crippen LogP contribution in [0, 0.1) is 5.63 Å². The summed E-state index contributed by atoms with van der Waals surface area (Å²) < 4.78 is 49.4. The molecule has 1 aliphatic heterocycles. The third-order valence-electron chi connectivity index (χ3n) is 6.58. The van der Waals surface area contributed by atoms with Gasteiger partial charge in [-0.3, -0.25) is 9.59 Å². The summed E-state index contributed by atoms with van der Waals surface area (Å²) in [4.78, 5) is 36.3. The third kappa shape index (κ3) is 5.67. The number of amides is 2. The van der Waals surface area contributed by atoms with E-state index in [0.717, 1.165) is 4.68 Å². The number of aromatic nitrogens is 5. The van der Waals surface area contributed by atoms with E-state index in [2.05, 4.69) is 29.4 Å². The fourth-order valence-corrected chi connectivity index (χ4v) is 4.72. The van der Waals surface area contributed by atoms with E-state index in [4.69, 9.17) is 4.74 Å². The summed E-state index contributed by atoms with van der Waals surface area (Å²) in [5.41, 5.74) is 1.33. The van der Waals surface area contributed by atoms with Gasteiger partial charge in [0.2, 0.25) is 0 Å². The minimum absolute atomic E-state index is 0.0133. The first-order valence-corrected chi connectivity index (χ1v) is 13.0. The number of nitrogens with zero attached hydrogens (tertiary/aromatic N) is 7. The Kier molecular flexibility index (Phi) is 7.91. The number of aliphatic hydroxyl groups excluding tert-OH is 1. The van der Waals surface area contributed by atoms with Crippen molar-refractivity contribution in [3.05, 3.63) is 54.2 Å². The van der Waals surface area contributed by atoms with Crippen molar-refractivity contribution in [1.82, 2.24) is 33.9 Å². The number of alkyl halides is 3. The maximum atomic E-state index is 13.7. The SMILES string of the molecule is C[C@@H](O)C(=O)N1CCN(C(=O)c2ccc(Oc3nccn4c(-c5cn(CC#P)nc5C(F)(F)F)cnc34)cc2O)CC1. The van der Waals surface area contributed by atoms with E-state index >= 15 is 0 Å². The van der Waals surface area contributed by atoms with E-state index in [1.54, 1.807) is 0 Å². The van der Waals surface area contributed by atoms with Crippen molar-refractivity contribution in [1.29, 1.82) is 0 Å². The molecule has 0 saturated carbocycles. The topological polar surface area (TPSA) is 138 Å². The van der Waals surface area contributed by atoms with Crippen molar-refractivity contribution in [3.63, 3.8) is 0 Å². The molecule has 3 aromatic heterocycles. The van der Waals surface area contributed by atoms with Crippen LogP contribution in [0.3, 0.4) is 0 Å². The van der Waals surface area contributed by atoms with Crippen LogP contribution in [-0.2, 0) is 17.5 Å². The van der Waals surface area contributed by atoms with E-state index in [1.165, 1.54) is 64.1 Å². The van der Waals surface area contributed by atoms with E-state index in [1.807, 2.05) is 0 Å². The van der Waals surface area contributed by atoms with Crippen molar-refractivity contribution in [2.24, 2.45) is 0 Å². The second-order valence-corrected chi connectivity index (χ2v) is 9.70. The first-order valence-electron chi connectivity index (χ1n) is 12.6. The van der Waals surface area contributed by atoms with Crippen LogP contribution in [0.4, 0.5) is 13.2 Å². The molecule has 0 unspecified atom stereocenters. The average Bonchev–Trinajstić information content (AvgIpc) is 3.58. The molecule has 42 heavy (non-hydrogen) atoms. The molecule has 1 aromatic carbocycles. The van der Waals surface area contributed by atoms with Gasteiger partial charge in [0.15, 0.2) is 0 Å². The molecule has 0 spiro atoms. The number of phenolic OH excluding ortho intramolecular Hbond substituents is 1. The van der Waals surface area contributed by atoms with Crippen molar-refractivity contribution >= 4 is 26.2 Å². The zero-order chi connectivity index (χ0) is 30.2. The zero-order valence-corrected chi connectivity index (χ0v) is 22.9. The molecule has 2 N–H and O–H groups in total. The van der Waals surface area contributed by atoms with Gasteiger partial charge in [0, 0.05) is 26.2 Å². The van der Waals surface area contributed by atoms with Gasteiger partial charge in [0.1, 0.15) is 11.9 Å². The van der Waals surface area contributed by atoms with Gasteiger partial charge in [-0.2, -0.15) is 0 Å². The fraction of sp³-hybridized carbons (Fsp3) is 0.308. The van der Waals surface area contributed by atoms with Crippen LogP contribution < -0.4 is 4.74 Å². The van der Waals surface area contributed by atoms with E-state index in [-0.39, 0.29) is 72.6 Å². The molecule has 218 valence electrons. The van der Waals surface area contributed by atoms with Crippen LogP contribution in [0.2, 0.25) is 0 Å². The van der Waals surface area contributed by atoms with Gasteiger partial charge in [0.25, 0.3) is 11.8 Å². The minimum Gasteiger partial charge on any atom is -0.507 e. The molecular weight excluding hydrogens is 578 g/mol. The number of hydrogen-bond acceptors (Lipinski definition) is 8. The van der Waals surface area contributed by atoms with E-state index in [0.29, 0.717) is 0 Å². The van der Waals surface area contributed by atoms with Gasteiger partial charge in [-0.25, -0.2) is 0 Å². The number of hydrogen-bond donors (Lipinski definition) is 2. The Morgan fingerprint density at radius 3 is 2.52 bits per heavy atom. The van der Waals surface area contributed by atoms with Crippen molar-refractivity contribution < 1.29 is 37.7 Å². The van der Waals surface area contributed by atoms with E-state index in [9.17, 15) is 33.0 Å². The van der Waals surface area contributed by atoms with Crippen molar-refractivity contribution in [2.75, 3.05) is 26.2 Å². The number of fused-ring (bicyclic) bond motifs is 1. The van der Waals surface area contributed by atoms with Crippen LogP contribution in [-0.4, -0.2) is 88.3 Å². The monoisotopic (exact) mass is 601 g/mol. The molecule has 1 aliphatic rings. The molecule has 16 heteroatoms. The van der Waals surface area contributed by atoms with Crippen molar-refractivity contribution in [2.45, 2.75) is 25.7 Å². The normalized spacial score (nSPS) is 14.6. The van der Waals surface area contributed by atoms with Gasteiger partial charge < -0.3 is 20.0 Å². The molecule has 0 aliphatic carbocycles. The van der Waals surface area contributed by atoms with Gasteiger partial charge in [0.05, 0.1) is 5.56 Å². The molecule has 1 atom stereocenters. The maximum absolute atomic E-state index is 13.7. The molecule has 1 fully saturated rings. The summed E-state index contributed by atoms with van der Waals surface area (Å²) in [5.74, 6) is -1.18. The van der Waals surface area contributed by atoms with Gasteiger partial charge >= 0.3 is 140 Å². The number of halogens is 3. The second kappa shape index (κ2) is 11.4. The Labute approximate surface area is 238 Å². The Morgan fingerprint density at radius 1 is 1.17 bits per heavy atom. The van der Waals surface area contributed by atoms with Gasteiger partial charge in [-0.15, -0.1) is 0 Å². The molecule has 1 saturated heterocycles. The number of piperazine rings is 1. The summed E-state index contributed by atoms with van der Waals surface area (Å²) in [6, 6.07) is 4.02. The number of aromatic hydroxyl groups is 1. The van der Waals surface area contributed by atoms with Crippen LogP contribution in [0.15, 0.2) is 43.0 Å². The van der Waals surface area contributed by atoms with Crippen LogP contribution in [0.5, 0.6) is 17.4 Å². The molecular formula is C26H23F3N7O5P. The predicted octanol–water partition coefficient (Wildman–Crippen LogP) is 3.14. The standard InChI is InChI=1S/C26H23F3N7O5P/c1-15(37)24(39)33-6-8-34(9-7-33)25(40)17-3-2-16(12-20(17)38)41-23-22-31-13-19(36(22)5-4-30-23)18-14-35(10-11-42)32-21(18)26(27,28)29/h2-5,12-15,37-38H,6-10H2,1H3/t15-/m1/s1. The first kappa shape index (κ1) is 29.1. The molecule has 5 rings (SSSR count). The molecule has 2 amide bonds. The van der Waals surface area contributed by atoms with Gasteiger partial charge in [-0.05, 0) is 13.0 Å². The number of aliphatic hydroxyl groups is 1. The zero-order valence-electron chi connectivity index (χ0n) is 22.0. The quantitative estimate of drug-likeness (QED) is 0.322. The summed E-state index contributed by atoms with van der Waals surface area (Å²) in [7, 11) is 3.82. The average molecular weight is 601 g/mol. The molecule has 0 bridgehead atoms. The Hall–Kier alpha value is -4.45. The summed E-state index contributed by atoms with van der Waals surface area (Å²) in [6.45, 7) is 2.25. The summed E-state index contributed by atoms with van der Waals surface area (Å²) >= 11 is 0. The van der Waals surface area contributed by atoms with E-state index < -0.39 is 29.8 Å². The smallest absolute Gasteiger partial charge is 0.507 e. The number of imidazole rings is 1. The van der Waals surface area contributed by atoms with Crippen LogP contribution in [0.1, 0.15) is 23.0 Å². The number of rotatable bonds is 6.